The van der Waals surface area contributed by atoms with Gasteiger partial charge in [-0.3, -0.25) is 14.2 Å². The lowest BCUT2D eigenvalue weighted by atomic mass is 10.1. The van der Waals surface area contributed by atoms with Gasteiger partial charge in [0.2, 0.25) is 15.8 Å². The van der Waals surface area contributed by atoms with E-state index in [4.69, 9.17) is 4.74 Å². The zero-order chi connectivity index (χ0) is 25.5. The molecule has 0 saturated carbocycles. The smallest absolute Gasteiger partial charge is 0.296 e. The first-order valence-corrected chi connectivity index (χ1v) is 13.0. The van der Waals surface area contributed by atoms with Crippen molar-refractivity contribution >= 4 is 15.9 Å². The fourth-order valence-corrected chi connectivity index (χ4v) is 6.22. The van der Waals surface area contributed by atoms with Crippen LogP contribution in [-0.2, 0) is 33.5 Å². The molecule has 190 valence electrons. The summed E-state index contributed by atoms with van der Waals surface area (Å²) in [6.45, 7) is 8.79. The SMILES string of the molecule is Cc1ccc(CNC(=O)c2nc3n(c(=O)c2O)CCOC3(C)C)c(S(=O)(=O)N2CCNC(C)C2)c1. The molecule has 0 aliphatic carbocycles. The predicted octanol–water partition coefficient (Wildman–Crippen LogP) is 0.435. The Hall–Kier alpha value is -2.80. The number of rotatable bonds is 5. The molecule has 0 bridgehead atoms. The van der Waals surface area contributed by atoms with Gasteiger partial charge in [0.25, 0.3) is 11.5 Å². The van der Waals surface area contributed by atoms with Crippen molar-refractivity contribution in [1.82, 2.24) is 24.5 Å². The van der Waals surface area contributed by atoms with Crippen LogP contribution in [0.15, 0.2) is 27.9 Å². The number of aryl methyl sites for hydroxylation is 1. The van der Waals surface area contributed by atoms with Gasteiger partial charge in [-0.05, 0) is 44.9 Å². The summed E-state index contributed by atoms with van der Waals surface area (Å²) in [6, 6.07) is 5.03. The third-order valence-corrected chi connectivity index (χ3v) is 8.24. The van der Waals surface area contributed by atoms with E-state index in [1.165, 1.54) is 8.87 Å². The van der Waals surface area contributed by atoms with Crippen molar-refractivity contribution in [3.8, 4) is 5.75 Å². The lowest BCUT2D eigenvalue weighted by Gasteiger charge is -2.32. The van der Waals surface area contributed by atoms with Crippen LogP contribution >= 0.6 is 0 Å². The average Bonchev–Trinajstić information content (AvgIpc) is 2.80. The standard InChI is InChI=1S/C23H31N5O6S/c1-14-5-6-16(17(11-14)35(32,33)27-8-7-24-15(2)13-27)12-25-20(30)18-19(29)21(31)28-9-10-34-23(3,4)22(28)26-18/h5-6,11,15,24,29H,7-10,12-13H2,1-4H3,(H,25,30). The molecule has 1 fully saturated rings. The summed E-state index contributed by atoms with van der Waals surface area (Å²) in [5.41, 5.74) is -0.895. The number of fused-ring (bicyclic) bond motifs is 1. The number of aromatic hydroxyl groups is 1. The quantitative estimate of drug-likeness (QED) is 0.531. The van der Waals surface area contributed by atoms with Crippen molar-refractivity contribution in [2.75, 3.05) is 26.2 Å². The van der Waals surface area contributed by atoms with Crippen LogP contribution in [0, 0.1) is 6.92 Å². The second-order valence-corrected chi connectivity index (χ2v) is 11.4. The maximum atomic E-state index is 13.4. The highest BCUT2D eigenvalue weighted by Gasteiger charge is 2.35. The number of hydrogen-bond donors (Lipinski definition) is 3. The minimum absolute atomic E-state index is 0.0249. The summed E-state index contributed by atoms with van der Waals surface area (Å²) < 4.78 is 35.3. The predicted molar refractivity (Wildman–Crippen MR) is 128 cm³/mol. The minimum Gasteiger partial charge on any atom is -0.501 e. The van der Waals surface area contributed by atoms with E-state index in [1.807, 2.05) is 6.92 Å². The molecule has 12 heteroatoms. The van der Waals surface area contributed by atoms with E-state index in [9.17, 15) is 23.1 Å². The Bertz CT molecular complexity index is 1320. The minimum atomic E-state index is -3.80. The lowest BCUT2D eigenvalue weighted by molar-refractivity contribution is -0.0566. The molecule has 2 aliphatic rings. The topological polar surface area (TPSA) is 143 Å². The van der Waals surface area contributed by atoms with E-state index in [0.717, 1.165) is 5.56 Å². The van der Waals surface area contributed by atoms with Crippen molar-refractivity contribution < 1.29 is 23.1 Å². The summed E-state index contributed by atoms with van der Waals surface area (Å²) in [4.78, 5) is 30.0. The van der Waals surface area contributed by atoms with E-state index >= 15 is 0 Å². The molecule has 11 nitrogen and oxygen atoms in total. The summed E-state index contributed by atoms with van der Waals surface area (Å²) in [5.74, 6) is -1.30. The number of carbonyl (C=O) groups is 1. The molecule has 1 aromatic heterocycles. The fourth-order valence-electron chi connectivity index (χ4n) is 4.39. The van der Waals surface area contributed by atoms with Crippen LogP contribution in [0.1, 0.15) is 48.2 Å². The first kappa shape index (κ1) is 25.3. The van der Waals surface area contributed by atoms with Crippen molar-refractivity contribution in [3.05, 3.63) is 51.2 Å². The van der Waals surface area contributed by atoms with Crippen molar-refractivity contribution in [3.63, 3.8) is 0 Å². The van der Waals surface area contributed by atoms with E-state index in [2.05, 4.69) is 15.6 Å². The van der Waals surface area contributed by atoms with Crippen LogP contribution in [0.4, 0.5) is 0 Å². The van der Waals surface area contributed by atoms with E-state index < -0.39 is 38.5 Å². The lowest BCUT2D eigenvalue weighted by Crippen LogP contribution is -2.51. The summed E-state index contributed by atoms with van der Waals surface area (Å²) in [6.07, 6.45) is 0. The number of aromatic nitrogens is 2. The molecule has 3 N–H and O–H groups in total. The molecular weight excluding hydrogens is 474 g/mol. The fraction of sp³-hybridized carbons (Fsp3) is 0.522. The van der Waals surface area contributed by atoms with Crippen molar-refractivity contribution in [1.29, 1.82) is 0 Å². The van der Waals surface area contributed by atoms with Crippen molar-refractivity contribution in [2.24, 2.45) is 0 Å². The van der Waals surface area contributed by atoms with Crippen LogP contribution < -0.4 is 16.2 Å². The Labute approximate surface area is 204 Å². The molecule has 1 atom stereocenters. The Morgan fingerprint density at radius 2 is 2.09 bits per heavy atom. The Morgan fingerprint density at radius 1 is 1.34 bits per heavy atom. The average molecular weight is 506 g/mol. The van der Waals surface area contributed by atoms with Gasteiger partial charge in [0.05, 0.1) is 18.0 Å². The molecule has 2 aromatic rings. The number of piperazine rings is 1. The van der Waals surface area contributed by atoms with E-state index in [-0.39, 0.29) is 36.5 Å². The van der Waals surface area contributed by atoms with Gasteiger partial charge < -0.3 is 20.5 Å². The number of benzene rings is 1. The molecule has 3 heterocycles. The summed E-state index contributed by atoms with van der Waals surface area (Å²) in [7, 11) is -3.80. The highest BCUT2D eigenvalue weighted by molar-refractivity contribution is 7.89. The van der Waals surface area contributed by atoms with Gasteiger partial charge in [-0.15, -0.1) is 0 Å². The van der Waals surface area contributed by atoms with Gasteiger partial charge in [0.1, 0.15) is 11.4 Å². The second kappa shape index (κ2) is 9.34. The number of sulfonamides is 1. The van der Waals surface area contributed by atoms with Gasteiger partial charge >= 0.3 is 0 Å². The number of nitrogens with zero attached hydrogens (tertiary/aromatic N) is 3. The molecular formula is C23H31N5O6S. The molecule has 1 unspecified atom stereocenters. The molecule has 2 aliphatic heterocycles. The Morgan fingerprint density at radius 3 is 2.80 bits per heavy atom. The third-order valence-electron chi connectivity index (χ3n) is 6.29. The molecule has 1 aromatic carbocycles. The summed E-state index contributed by atoms with van der Waals surface area (Å²) >= 11 is 0. The molecule has 1 amide bonds. The first-order chi connectivity index (χ1) is 16.4. The van der Waals surface area contributed by atoms with E-state index in [1.54, 1.807) is 39.0 Å². The van der Waals surface area contributed by atoms with Gasteiger partial charge in [-0.25, -0.2) is 13.4 Å². The molecule has 4 rings (SSSR count). The van der Waals surface area contributed by atoms with Gasteiger partial charge in [-0.2, -0.15) is 4.31 Å². The van der Waals surface area contributed by atoms with Crippen LogP contribution in [-0.4, -0.2) is 65.6 Å². The largest absolute Gasteiger partial charge is 0.501 e. The Balaban J connectivity index is 1.62. The number of hydrogen-bond acceptors (Lipinski definition) is 8. The maximum absolute atomic E-state index is 13.4. The first-order valence-electron chi connectivity index (χ1n) is 11.5. The summed E-state index contributed by atoms with van der Waals surface area (Å²) in [5, 5.41) is 16.2. The number of carbonyl (C=O) groups excluding carboxylic acids is 1. The number of ether oxygens (including phenoxy) is 1. The normalized spacial score (nSPS) is 20.3. The molecule has 0 radical (unpaired) electrons. The zero-order valence-corrected chi connectivity index (χ0v) is 21.1. The second-order valence-electron chi connectivity index (χ2n) is 9.46. The molecule has 35 heavy (non-hydrogen) atoms. The maximum Gasteiger partial charge on any atom is 0.296 e. The van der Waals surface area contributed by atoms with Crippen LogP contribution in [0.5, 0.6) is 5.75 Å². The zero-order valence-electron chi connectivity index (χ0n) is 20.3. The van der Waals surface area contributed by atoms with Crippen LogP contribution in [0.2, 0.25) is 0 Å². The number of amides is 1. The van der Waals surface area contributed by atoms with Crippen LogP contribution in [0.25, 0.3) is 0 Å². The third kappa shape index (κ3) is 4.83. The van der Waals surface area contributed by atoms with Gasteiger partial charge in [0, 0.05) is 32.2 Å². The van der Waals surface area contributed by atoms with E-state index in [0.29, 0.717) is 25.2 Å². The Kier molecular flexibility index (Phi) is 6.75. The van der Waals surface area contributed by atoms with Gasteiger partial charge in [-0.1, -0.05) is 12.1 Å². The highest BCUT2D eigenvalue weighted by Crippen LogP contribution is 2.28. The highest BCUT2D eigenvalue weighted by atomic mass is 32.2. The van der Waals surface area contributed by atoms with Crippen molar-refractivity contribution in [2.45, 2.75) is 57.3 Å². The molecule has 0 spiro atoms. The number of nitrogens with one attached hydrogen (secondary N) is 2. The molecule has 1 saturated heterocycles. The van der Waals surface area contributed by atoms with Gasteiger partial charge in [0.15, 0.2) is 5.69 Å². The van der Waals surface area contributed by atoms with Crippen LogP contribution in [0.3, 0.4) is 0 Å². The monoisotopic (exact) mass is 505 g/mol.